The van der Waals surface area contributed by atoms with Crippen molar-refractivity contribution >= 4 is 15.9 Å². The van der Waals surface area contributed by atoms with Crippen molar-refractivity contribution in [2.24, 2.45) is 11.8 Å². The van der Waals surface area contributed by atoms with Gasteiger partial charge in [-0.2, -0.15) is 9.40 Å². The Morgan fingerprint density at radius 2 is 1.96 bits per heavy atom. The molecule has 1 aromatic carbocycles. The van der Waals surface area contributed by atoms with E-state index in [0.29, 0.717) is 26.2 Å². The first kappa shape index (κ1) is 19.1. The molecule has 1 amide bonds. The standard InChI is InChI=1S/C20H26N4O3S/c1-4-22-12-17(9-21-22)28(26,27)23-10-16-11-24(15(3)25)20(19(16)13-23)18-8-6-5-7-14(18)2/h5-9,12,16,19-20H,4,10-11,13H2,1-3H3/t16-,19-,20-/m1/s1. The van der Waals surface area contributed by atoms with Gasteiger partial charge in [-0.1, -0.05) is 24.3 Å². The Bertz CT molecular complexity index is 1000. The predicted octanol–water partition coefficient (Wildman–Crippen LogP) is 2.05. The number of carbonyl (C=O) groups is 1. The van der Waals surface area contributed by atoms with E-state index in [1.165, 1.54) is 6.20 Å². The zero-order valence-corrected chi connectivity index (χ0v) is 17.3. The Labute approximate surface area is 166 Å². The normalized spacial score (nSPS) is 25.2. The molecule has 0 bridgehead atoms. The lowest BCUT2D eigenvalue weighted by atomic mass is 9.87. The van der Waals surface area contributed by atoms with Crippen molar-refractivity contribution in [1.82, 2.24) is 19.0 Å². The van der Waals surface area contributed by atoms with Gasteiger partial charge in [0, 0.05) is 45.2 Å². The van der Waals surface area contributed by atoms with Crippen LogP contribution in [0.5, 0.6) is 0 Å². The van der Waals surface area contributed by atoms with Gasteiger partial charge in [-0.3, -0.25) is 9.48 Å². The van der Waals surface area contributed by atoms with Crippen LogP contribution >= 0.6 is 0 Å². The maximum absolute atomic E-state index is 13.1. The number of amides is 1. The van der Waals surface area contributed by atoms with E-state index in [0.717, 1.165) is 11.1 Å². The predicted molar refractivity (Wildman–Crippen MR) is 105 cm³/mol. The first-order chi connectivity index (χ1) is 13.3. The molecule has 2 aliphatic rings. The van der Waals surface area contributed by atoms with E-state index in [1.807, 2.05) is 36.9 Å². The minimum Gasteiger partial charge on any atom is -0.335 e. The number of likely N-dealkylation sites (tertiary alicyclic amines) is 1. The van der Waals surface area contributed by atoms with Crippen LogP contribution in [0.1, 0.15) is 31.0 Å². The molecule has 1 aromatic heterocycles. The SMILES string of the molecule is CCn1cc(S(=O)(=O)N2C[C@@H]3CN(C(C)=O)[C@H](c4ccccc4C)[C@@H]3C2)cn1. The molecule has 4 rings (SSSR count). The van der Waals surface area contributed by atoms with Gasteiger partial charge < -0.3 is 4.90 Å². The third kappa shape index (κ3) is 3.04. The number of hydrogen-bond acceptors (Lipinski definition) is 4. The third-order valence-corrected chi connectivity index (χ3v) is 7.90. The van der Waals surface area contributed by atoms with Crippen molar-refractivity contribution in [1.29, 1.82) is 0 Å². The van der Waals surface area contributed by atoms with Crippen LogP contribution in [0.25, 0.3) is 0 Å². The zero-order valence-electron chi connectivity index (χ0n) is 16.4. The molecule has 2 aromatic rings. The molecule has 7 nitrogen and oxygen atoms in total. The van der Waals surface area contributed by atoms with Crippen LogP contribution in [-0.4, -0.2) is 52.9 Å². The summed E-state index contributed by atoms with van der Waals surface area (Å²) in [6.07, 6.45) is 3.01. The second kappa shape index (κ2) is 7.00. The molecule has 2 saturated heterocycles. The van der Waals surface area contributed by atoms with Gasteiger partial charge in [0.15, 0.2) is 0 Å². The molecule has 0 aliphatic carbocycles. The topological polar surface area (TPSA) is 75.5 Å². The zero-order chi connectivity index (χ0) is 20.1. The molecular weight excluding hydrogens is 376 g/mol. The lowest BCUT2D eigenvalue weighted by Crippen LogP contribution is -2.36. The van der Waals surface area contributed by atoms with E-state index in [-0.39, 0.29) is 28.7 Å². The first-order valence-electron chi connectivity index (χ1n) is 9.68. The molecular formula is C20H26N4O3S. The average molecular weight is 403 g/mol. The van der Waals surface area contributed by atoms with Crippen molar-refractivity contribution in [3.05, 3.63) is 47.8 Å². The van der Waals surface area contributed by atoms with Crippen LogP contribution in [0.2, 0.25) is 0 Å². The van der Waals surface area contributed by atoms with Gasteiger partial charge in [0.25, 0.3) is 0 Å². The van der Waals surface area contributed by atoms with Crippen LogP contribution in [0.15, 0.2) is 41.6 Å². The van der Waals surface area contributed by atoms with Gasteiger partial charge in [0.05, 0.1) is 12.2 Å². The molecule has 150 valence electrons. The Hall–Kier alpha value is -2.19. The maximum atomic E-state index is 13.1. The fraction of sp³-hybridized carbons (Fsp3) is 0.500. The molecule has 2 fully saturated rings. The number of aromatic nitrogens is 2. The minimum absolute atomic E-state index is 0.0429. The highest BCUT2D eigenvalue weighted by molar-refractivity contribution is 7.89. The number of rotatable bonds is 4. The highest BCUT2D eigenvalue weighted by Gasteiger charge is 2.51. The molecule has 8 heteroatoms. The van der Waals surface area contributed by atoms with E-state index in [4.69, 9.17) is 0 Å². The summed E-state index contributed by atoms with van der Waals surface area (Å²) in [4.78, 5) is 14.4. The van der Waals surface area contributed by atoms with Crippen LogP contribution in [0.4, 0.5) is 0 Å². The number of aryl methyl sites for hydroxylation is 2. The van der Waals surface area contributed by atoms with Gasteiger partial charge >= 0.3 is 0 Å². The highest BCUT2D eigenvalue weighted by Crippen LogP contribution is 2.46. The van der Waals surface area contributed by atoms with Crippen LogP contribution < -0.4 is 0 Å². The van der Waals surface area contributed by atoms with E-state index >= 15 is 0 Å². The summed E-state index contributed by atoms with van der Waals surface area (Å²) in [6.45, 7) is 7.66. The number of benzene rings is 1. The summed E-state index contributed by atoms with van der Waals surface area (Å²) in [7, 11) is -3.58. The number of sulfonamides is 1. The summed E-state index contributed by atoms with van der Waals surface area (Å²) < 4.78 is 29.4. The summed E-state index contributed by atoms with van der Waals surface area (Å²) in [5.41, 5.74) is 2.24. The second-order valence-corrected chi connectivity index (χ2v) is 9.69. The maximum Gasteiger partial charge on any atom is 0.246 e. The number of fused-ring (bicyclic) bond motifs is 1. The molecule has 0 unspecified atom stereocenters. The Morgan fingerprint density at radius 3 is 2.61 bits per heavy atom. The Kier molecular flexibility index (Phi) is 4.79. The second-order valence-electron chi connectivity index (χ2n) is 7.75. The van der Waals surface area contributed by atoms with Crippen molar-refractivity contribution in [3.63, 3.8) is 0 Å². The monoisotopic (exact) mass is 402 g/mol. The largest absolute Gasteiger partial charge is 0.335 e. The van der Waals surface area contributed by atoms with Gasteiger partial charge in [0.2, 0.25) is 15.9 Å². The first-order valence-corrected chi connectivity index (χ1v) is 11.1. The van der Waals surface area contributed by atoms with Crippen molar-refractivity contribution in [2.75, 3.05) is 19.6 Å². The molecule has 2 aliphatic heterocycles. The van der Waals surface area contributed by atoms with Gasteiger partial charge in [0.1, 0.15) is 4.90 Å². The molecule has 28 heavy (non-hydrogen) atoms. The van der Waals surface area contributed by atoms with Gasteiger partial charge in [-0.25, -0.2) is 8.42 Å². The summed E-state index contributed by atoms with van der Waals surface area (Å²) in [5.74, 6) is 0.284. The van der Waals surface area contributed by atoms with Crippen molar-refractivity contribution < 1.29 is 13.2 Å². The number of carbonyl (C=O) groups excluding carboxylic acids is 1. The molecule has 0 spiro atoms. The quantitative estimate of drug-likeness (QED) is 0.784. The van der Waals surface area contributed by atoms with E-state index in [2.05, 4.69) is 11.2 Å². The molecule has 3 atom stereocenters. The van der Waals surface area contributed by atoms with Gasteiger partial charge in [-0.05, 0) is 30.9 Å². The van der Waals surface area contributed by atoms with Crippen molar-refractivity contribution in [3.8, 4) is 0 Å². The summed E-state index contributed by atoms with van der Waals surface area (Å²) >= 11 is 0. The Balaban J connectivity index is 1.65. The fourth-order valence-corrected chi connectivity index (χ4v) is 6.13. The smallest absolute Gasteiger partial charge is 0.246 e. The molecule has 0 N–H and O–H groups in total. The van der Waals surface area contributed by atoms with E-state index in [1.54, 1.807) is 22.1 Å². The third-order valence-electron chi connectivity index (χ3n) is 6.11. The van der Waals surface area contributed by atoms with Crippen LogP contribution in [-0.2, 0) is 21.4 Å². The number of hydrogen-bond donors (Lipinski definition) is 0. The van der Waals surface area contributed by atoms with Crippen molar-refractivity contribution in [2.45, 2.75) is 38.3 Å². The van der Waals surface area contributed by atoms with Gasteiger partial charge in [-0.15, -0.1) is 0 Å². The summed E-state index contributed by atoms with van der Waals surface area (Å²) in [5, 5.41) is 4.11. The number of nitrogens with zero attached hydrogens (tertiary/aromatic N) is 4. The summed E-state index contributed by atoms with van der Waals surface area (Å²) in [6, 6.07) is 7.99. The lowest BCUT2D eigenvalue weighted by Gasteiger charge is -2.30. The fourth-order valence-electron chi connectivity index (χ4n) is 4.64. The van der Waals surface area contributed by atoms with Crippen LogP contribution in [0.3, 0.4) is 0 Å². The van der Waals surface area contributed by atoms with E-state index < -0.39 is 10.0 Å². The average Bonchev–Trinajstić information content (AvgIpc) is 3.36. The van der Waals surface area contributed by atoms with E-state index in [9.17, 15) is 13.2 Å². The highest BCUT2D eigenvalue weighted by atomic mass is 32.2. The molecule has 3 heterocycles. The molecule has 0 saturated carbocycles. The molecule has 0 radical (unpaired) electrons. The minimum atomic E-state index is -3.58. The van der Waals surface area contributed by atoms with Crippen LogP contribution in [0, 0.1) is 18.8 Å². The Morgan fingerprint density at radius 1 is 1.21 bits per heavy atom. The lowest BCUT2D eigenvalue weighted by molar-refractivity contribution is -0.130.